The van der Waals surface area contributed by atoms with E-state index in [9.17, 15) is 13.2 Å². The van der Waals surface area contributed by atoms with Crippen molar-refractivity contribution in [3.63, 3.8) is 0 Å². The van der Waals surface area contributed by atoms with Crippen molar-refractivity contribution in [3.8, 4) is 0 Å². The smallest absolute Gasteiger partial charge is 0.254 e. The molecule has 9 heteroatoms. The summed E-state index contributed by atoms with van der Waals surface area (Å²) in [6.07, 6.45) is 3.35. The van der Waals surface area contributed by atoms with Crippen molar-refractivity contribution >= 4 is 21.6 Å². The van der Waals surface area contributed by atoms with E-state index in [0.717, 1.165) is 11.1 Å². The fraction of sp³-hybridized carbons (Fsp3) is 0.350. The van der Waals surface area contributed by atoms with Crippen LogP contribution in [0.15, 0.2) is 58.8 Å². The summed E-state index contributed by atoms with van der Waals surface area (Å²) in [5, 5.41) is 4.10. The fourth-order valence-electron chi connectivity index (χ4n) is 3.01. The monoisotopic (exact) mass is 415 g/mol. The summed E-state index contributed by atoms with van der Waals surface area (Å²) in [6, 6.07) is 10.5. The van der Waals surface area contributed by atoms with Gasteiger partial charge in [-0.25, -0.2) is 13.8 Å². The Labute approximate surface area is 171 Å². The largest absolute Gasteiger partial charge is 0.292 e. The van der Waals surface area contributed by atoms with Crippen molar-refractivity contribution in [2.45, 2.75) is 18.7 Å². The van der Waals surface area contributed by atoms with Crippen molar-refractivity contribution in [2.75, 3.05) is 32.7 Å². The number of benzene rings is 1. The lowest BCUT2D eigenvalue weighted by Gasteiger charge is -2.33. The van der Waals surface area contributed by atoms with Crippen molar-refractivity contribution in [3.05, 3.63) is 59.9 Å². The normalized spacial score (nSPS) is 16.6. The molecule has 8 nitrogen and oxygen atoms in total. The molecule has 154 valence electrons. The summed E-state index contributed by atoms with van der Waals surface area (Å²) >= 11 is 0. The van der Waals surface area contributed by atoms with Crippen LogP contribution < -0.4 is 5.43 Å². The second kappa shape index (κ2) is 9.25. The van der Waals surface area contributed by atoms with E-state index < -0.39 is 10.0 Å². The number of hydrogen-bond donors (Lipinski definition) is 1. The van der Waals surface area contributed by atoms with Crippen molar-refractivity contribution < 1.29 is 13.2 Å². The van der Waals surface area contributed by atoms with Crippen LogP contribution in [0.25, 0.3) is 0 Å². The third-order valence-electron chi connectivity index (χ3n) is 4.78. The van der Waals surface area contributed by atoms with Gasteiger partial charge in [0.1, 0.15) is 0 Å². The predicted molar refractivity (Wildman–Crippen MR) is 111 cm³/mol. The lowest BCUT2D eigenvalue weighted by atomic mass is 10.2. The maximum absolute atomic E-state index is 12.7. The molecule has 0 unspecified atom stereocenters. The van der Waals surface area contributed by atoms with Gasteiger partial charge in [0.25, 0.3) is 5.91 Å². The Morgan fingerprint density at radius 2 is 1.83 bits per heavy atom. The minimum absolute atomic E-state index is 0.169. The molecule has 29 heavy (non-hydrogen) atoms. The Hall–Kier alpha value is -2.62. The SMILES string of the molecule is C/C(=N\NC(=O)CN1CCN(S(=O)(=O)c2ccc(C)cc2)CC1)c1cccnc1. The Morgan fingerprint density at radius 3 is 2.45 bits per heavy atom. The number of rotatable bonds is 6. The number of carbonyl (C=O) groups is 1. The number of hydrazone groups is 1. The Kier molecular flexibility index (Phi) is 6.73. The van der Waals surface area contributed by atoms with Crippen LogP contribution in [0, 0.1) is 6.92 Å². The number of nitrogens with zero attached hydrogens (tertiary/aromatic N) is 4. The van der Waals surface area contributed by atoms with Crippen LogP contribution in [0.5, 0.6) is 0 Å². The van der Waals surface area contributed by atoms with Gasteiger partial charge in [0.15, 0.2) is 0 Å². The molecule has 3 rings (SSSR count). The molecule has 2 aromatic rings. The quantitative estimate of drug-likeness (QED) is 0.566. The summed E-state index contributed by atoms with van der Waals surface area (Å²) in [5.74, 6) is -0.233. The molecule has 1 N–H and O–H groups in total. The van der Waals surface area contributed by atoms with Crippen LogP contribution in [0.3, 0.4) is 0 Å². The second-order valence-corrected chi connectivity index (χ2v) is 8.91. The molecule has 0 radical (unpaired) electrons. The number of carbonyl (C=O) groups excluding carboxylic acids is 1. The van der Waals surface area contributed by atoms with Gasteiger partial charge in [0.2, 0.25) is 10.0 Å². The molecular formula is C20H25N5O3S. The summed E-state index contributed by atoms with van der Waals surface area (Å²) in [7, 11) is -3.50. The van der Waals surface area contributed by atoms with E-state index in [-0.39, 0.29) is 12.5 Å². The van der Waals surface area contributed by atoms with E-state index >= 15 is 0 Å². The molecule has 1 saturated heterocycles. The zero-order chi connectivity index (χ0) is 20.9. The highest BCUT2D eigenvalue weighted by atomic mass is 32.2. The van der Waals surface area contributed by atoms with Crippen LogP contribution in [0.1, 0.15) is 18.1 Å². The van der Waals surface area contributed by atoms with Crippen LogP contribution in [0.4, 0.5) is 0 Å². The third-order valence-corrected chi connectivity index (χ3v) is 6.70. The standard InChI is InChI=1S/C20H25N5O3S/c1-16-5-7-19(8-6-16)29(27,28)25-12-10-24(11-13-25)15-20(26)23-22-17(2)18-4-3-9-21-14-18/h3-9,14H,10-13,15H2,1-2H3,(H,23,26)/b22-17+. The highest BCUT2D eigenvalue weighted by Gasteiger charge is 2.28. The van der Waals surface area contributed by atoms with Gasteiger partial charge in [-0.1, -0.05) is 23.8 Å². The van der Waals surface area contributed by atoms with E-state index in [2.05, 4.69) is 15.5 Å². The third kappa shape index (κ3) is 5.47. The molecule has 2 heterocycles. The highest BCUT2D eigenvalue weighted by molar-refractivity contribution is 7.89. The summed E-state index contributed by atoms with van der Waals surface area (Å²) < 4.78 is 27.0. The number of pyridine rings is 1. The van der Waals surface area contributed by atoms with E-state index in [4.69, 9.17) is 0 Å². The number of piperazine rings is 1. The van der Waals surface area contributed by atoms with Gasteiger partial charge in [-0.2, -0.15) is 9.41 Å². The maximum Gasteiger partial charge on any atom is 0.254 e. The van der Waals surface area contributed by atoms with Gasteiger partial charge in [-0.15, -0.1) is 0 Å². The molecule has 0 atom stereocenters. The first kappa shape index (κ1) is 21.1. The molecule has 1 fully saturated rings. The van der Waals surface area contributed by atoms with Gasteiger partial charge in [-0.3, -0.25) is 14.7 Å². The first-order valence-electron chi connectivity index (χ1n) is 9.39. The number of sulfonamides is 1. The van der Waals surface area contributed by atoms with Crippen molar-refractivity contribution in [1.82, 2.24) is 19.6 Å². The average Bonchev–Trinajstić information content (AvgIpc) is 2.73. The molecular weight excluding hydrogens is 390 g/mol. The molecule has 0 bridgehead atoms. The first-order chi connectivity index (χ1) is 13.9. The van der Waals surface area contributed by atoms with Gasteiger partial charge in [0, 0.05) is 44.1 Å². The summed E-state index contributed by atoms with van der Waals surface area (Å²) in [6.45, 7) is 5.56. The minimum atomic E-state index is -3.50. The molecule has 1 aromatic carbocycles. The predicted octanol–water partition coefficient (Wildman–Crippen LogP) is 1.24. The highest BCUT2D eigenvalue weighted by Crippen LogP contribution is 2.18. The summed E-state index contributed by atoms with van der Waals surface area (Å²) in [4.78, 5) is 18.4. The van der Waals surface area contributed by atoms with Gasteiger partial charge < -0.3 is 0 Å². The number of nitrogens with one attached hydrogen (secondary N) is 1. The fourth-order valence-corrected chi connectivity index (χ4v) is 4.44. The Bertz CT molecular complexity index is 967. The van der Waals surface area contributed by atoms with Gasteiger partial charge in [0.05, 0.1) is 17.2 Å². The maximum atomic E-state index is 12.7. The van der Waals surface area contributed by atoms with E-state index in [1.807, 2.05) is 17.9 Å². The van der Waals surface area contributed by atoms with Crippen LogP contribution in [-0.4, -0.2) is 66.9 Å². The number of hydrogen-bond acceptors (Lipinski definition) is 6. The Morgan fingerprint density at radius 1 is 1.14 bits per heavy atom. The molecule has 0 aliphatic carbocycles. The molecule has 1 aliphatic heterocycles. The lowest BCUT2D eigenvalue weighted by Crippen LogP contribution is -2.50. The average molecular weight is 416 g/mol. The summed E-state index contributed by atoms with van der Waals surface area (Å²) in [5.41, 5.74) is 5.07. The zero-order valence-electron chi connectivity index (χ0n) is 16.6. The lowest BCUT2D eigenvalue weighted by molar-refractivity contribution is -0.122. The van der Waals surface area contributed by atoms with Crippen molar-refractivity contribution in [1.29, 1.82) is 0 Å². The second-order valence-electron chi connectivity index (χ2n) is 6.97. The minimum Gasteiger partial charge on any atom is -0.292 e. The van der Waals surface area contributed by atoms with Crippen LogP contribution in [-0.2, 0) is 14.8 Å². The van der Waals surface area contributed by atoms with Crippen molar-refractivity contribution in [2.24, 2.45) is 5.10 Å². The number of aromatic nitrogens is 1. The Balaban J connectivity index is 1.50. The van der Waals surface area contributed by atoms with Gasteiger partial charge in [-0.05, 0) is 32.0 Å². The molecule has 1 aliphatic rings. The molecule has 1 amide bonds. The van der Waals surface area contributed by atoms with E-state index in [1.165, 1.54) is 4.31 Å². The molecule has 0 saturated carbocycles. The zero-order valence-corrected chi connectivity index (χ0v) is 17.4. The number of amides is 1. The van der Waals surface area contributed by atoms with Crippen LogP contribution in [0.2, 0.25) is 0 Å². The van der Waals surface area contributed by atoms with E-state index in [1.54, 1.807) is 49.6 Å². The van der Waals surface area contributed by atoms with Gasteiger partial charge >= 0.3 is 0 Å². The molecule has 1 aromatic heterocycles. The molecule has 0 spiro atoms. The topological polar surface area (TPSA) is 95.0 Å². The number of aryl methyl sites for hydroxylation is 1. The van der Waals surface area contributed by atoms with Crippen LogP contribution >= 0.6 is 0 Å². The van der Waals surface area contributed by atoms with E-state index in [0.29, 0.717) is 36.8 Å². The first-order valence-corrected chi connectivity index (χ1v) is 10.8.